The summed E-state index contributed by atoms with van der Waals surface area (Å²) in [6.45, 7) is 2.17. The number of hydrogen-bond donors (Lipinski definition) is 0. The van der Waals surface area contributed by atoms with Gasteiger partial charge < -0.3 is 0 Å². The molecule has 0 fully saturated rings. The first-order valence-electron chi connectivity index (χ1n) is 3.42. The summed E-state index contributed by atoms with van der Waals surface area (Å²) in [7, 11) is 1.97. The van der Waals surface area contributed by atoms with Crippen LogP contribution in [0.1, 0.15) is 19.0 Å². The Bertz CT molecular complexity index is 217. The van der Waals surface area contributed by atoms with Crippen molar-refractivity contribution < 1.29 is 0 Å². The highest BCUT2D eigenvalue weighted by molar-refractivity contribution is 9.10. The van der Waals surface area contributed by atoms with Crippen LogP contribution in [0.2, 0.25) is 0 Å². The van der Waals surface area contributed by atoms with Crippen LogP contribution in [0.25, 0.3) is 0 Å². The van der Waals surface area contributed by atoms with Gasteiger partial charge in [-0.3, -0.25) is 4.68 Å². The molecule has 0 atom stereocenters. The van der Waals surface area contributed by atoms with Crippen molar-refractivity contribution in [3.8, 4) is 0 Å². The van der Waals surface area contributed by atoms with E-state index in [1.54, 1.807) is 0 Å². The highest BCUT2D eigenvalue weighted by Gasteiger charge is 1.99. The Labute approximate surface area is 69.4 Å². The minimum atomic E-state index is 0.929. The van der Waals surface area contributed by atoms with Gasteiger partial charge in [-0.1, -0.05) is 13.3 Å². The standard InChI is InChI=1S/C7H11BrN2/c1-3-4-6-5-7(8)9-10(6)2/h5H,3-4H2,1-2H3. The number of rotatable bonds is 2. The van der Waals surface area contributed by atoms with Crippen molar-refractivity contribution in [2.75, 3.05) is 0 Å². The van der Waals surface area contributed by atoms with E-state index in [0.717, 1.165) is 11.0 Å². The molecule has 1 aromatic rings. The number of aromatic nitrogens is 2. The molecular formula is C7H11BrN2. The van der Waals surface area contributed by atoms with Crippen LogP contribution in [-0.2, 0) is 13.5 Å². The number of halogens is 1. The Morgan fingerprint density at radius 3 is 2.80 bits per heavy atom. The molecule has 0 aliphatic carbocycles. The molecular weight excluding hydrogens is 192 g/mol. The summed E-state index contributed by atoms with van der Waals surface area (Å²) in [6.07, 6.45) is 2.28. The average Bonchev–Trinajstić information content (AvgIpc) is 2.13. The molecule has 0 saturated carbocycles. The fourth-order valence-electron chi connectivity index (χ4n) is 0.957. The summed E-state index contributed by atoms with van der Waals surface area (Å²) in [4.78, 5) is 0. The lowest BCUT2D eigenvalue weighted by Gasteiger charge is -1.95. The largest absolute Gasteiger partial charge is 0.272 e. The molecule has 10 heavy (non-hydrogen) atoms. The van der Waals surface area contributed by atoms with Gasteiger partial charge in [0.25, 0.3) is 0 Å². The van der Waals surface area contributed by atoms with Gasteiger partial charge in [0.1, 0.15) is 4.60 Å². The number of hydrogen-bond acceptors (Lipinski definition) is 1. The molecule has 0 amide bonds. The Kier molecular flexibility index (Phi) is 2.49. The van der Waals surface area contributed by atoms with E-state index in [1.165, 1.54) is 12.1 Å². The lowest BCUT2D eigenvalue weighted by Crippen LogP contribution is -1.96. The van der Waals surface area contributed by atoms with E-state index in [-0.39, 0.29) is 0 Å². The second kappa shape index (κ2) is 3.19. The van der Waals surface area contributed by atoms with Crippen molar-refractivity contribution in [1.29, 1.82) is 0 Å². The van der Waals surface area contributed by atoms with Crippen LogP contribution in [0.3, 0.4) is 0 Å². The van der Waals surface area contributed by atoms with Crippen LogP contribution in [0, 0.1) is 0 Å². The third kappa shape index (κ3) is 1.59. The van der Waals surface area contributed by atoms with Gasteiger partial charge in [0.05, 0.1) is 0 Å². The SMILES string of the molecule is CCCc1cc(Br)nn1C. The van der Waals surface area contributed by atoms with Gasteiger partial charge in [-0.25, -0.2) is 0 Å². The monoisotopic (exact) mass is 202 g/mol. The topological polar surface area (TPSA) is 17.8 Å². The fourth-order valence-corrected chi connectivity index (χ4v) is 1.46. The maximum absolute atomic E-state index is 4.16. The molecule has 0 spiro atoms. The predicted octanol–water partition coefficient (Wildman–Crippen LogP) is 2.14. The molecule has 0 radical (unpaired) electrons. The third-order valence-corrected chi connectivity index (χ3v) is 1.84. The van der Waals surface area contributed by atoms with Gasteiger partial charge in [0, 0.05) is 12.7 Å². The Hall–Kier alpha value is -0.310. The van der Waals surface area contributed by atoms with Crippen molar-refractivity contribution >= 4 is 15.9 Å². The van der Waals surface area contributed by atoms with Crippen molar-refractivity contribution in [2.24, 2.45) is 7.05 Å². The predicted molar refractivity (Wildman–Crippen MR) is 44.9 cm³/mol. The lowest BCUT2D eigenvalue weighted by atomic mass is 10.2. The van der Waals surface area contributed by atoms with E-state index in [1.807, 2.05) is 11.7 Å². The van der Waals surface area contributed by atoms with Crippen LogP contribution in [0.5, 0.6) is 0 Å². The molecule has 1 rings (SSSR count). The molecule has 2 nitrogen and oxygen atoms in total. The first kappa shape index (κ1) is 7.79. The van der Waals surface area contributed by atoms with Crippen LogP contribution < -0.4 is 0 Å². The molecule has 1 heterocycles. The molecule has 1 aromatic heterocycles. The summed E-state index contributed by atoms with van der Waals surface area (Å²) >= 11 is 3.32. The zero-order valence-corrected chi connectivity index (χ0v) is 7.85. The zero-order valence-electron chi connectivity index (χ0n) is 6.26. The van der Waals surface area contributed by atoms with Gasteiger partial charge in [-0.2, -0.15) is 5.10 Å². The minimum Gasteiger partial charge on any atom is -0.272 e. The van der Waals surface area contributed by atoms with Crippen molar-refractivity contribution in [3.63, 3.8) is 0 Å². The zero-order chi connectivity index (χ0) is 7.56. The van der Waals surface area contributed by atoms with E-state index in [4.69, 9.17) is 0 Å². The fraction of sp³-hybridized carbons (Fsp3) is 0.571. The minimum absolute atomic E-state index is 0.929. The molecule has 3 heteroatoms. The molecule has 56 valence electrons. The van der Waals surface area contributed by atoms with Gasteiger partial charge in [-0.15, -0.1) is 0 Å². The Balaban J connectivity index is 2.81. The number of nitrogens with zero attached hydrogens (tertiary/aromatic N) is 2. The van der Waals surface area contributed by atoms with E-state index in [9.17, 15) is 0 Å². The lowest BCUT2D eigenvalue weighted by molar-refractivity contribution is 0.694. The smallest absolute Gasteiger partial charge is 0.128 e. The molecule has 0 aromatic carbocycles. The quantitative estimate of drug-likeness (QED) is 0.719. The maximum Gasteiger partial charge on any atom is 0.128 e. The second-order valence-electron chi connectivity index (χ2n) is 2.33. The first-order valence-corrected chi connectivity index (χ1v) is 4.21. The molecule has 0 aliphatic rings. The van der Waals surface area contributed by atoms with Crippen LogP contribution >= 0.6 is 15.9 Å². The van der Waals surface area contributed by atoms with Gasteiger partial charge in [-0.05, 0) is 28.4 Å². The van der Waals surface area contributed by atoms with E-state index in [0.29, 0.717) is 0 Å². The van der Waals surface area contributed by atoms with Gasteiger partial charge >= 0.3 is 0 Å². The van der Waals surface area contributed by atoms with E-state index >= 15 is 0 Å². The Morgan fingerprint density at radius 1 is 1.70 bits per heavy atom. The summed E-state index contributed by atoms with van der Waals surface area (Å²) in [5, 5.41) is 4.16. The molecule has 0 saturated heterocycles. The highest BCUT2D eigenvalue weighted by atomic mass is 79.9. The maximum atomic E-state index is 4.16. The summed E-state index contributed by atoms with van der Waals surface area (Å²) in [5.74, 6) is 0. The average molecular weight is 203 g/mol. The van der Waals surface area contributed by atoms with Crippen molar-refractivity contribution in [3.05, 3.63) is 16.4 Å². The van der Waals surface area contributed by atoms with E-state index in [2.05, 4.69) is 34.0 Å². The van der Waals surface area contributed by atoms with Crippen molar-refractivity contribution in [1.82, 2.24) is 9.78 Å². The van der Waals surface area contributed by atoms with Gasteiger partial charge in [0.15, 0.2) is 0 Å². The van der Waals surface area contributed by atoms with Crippen molar-refractivity contribution in [2.45, 2.75) is 19.8 Å². The third-order valence-electron chi connectivity index (χ3n) is 1.45. The summed E-state index contributed by atoms with van der Waals surface area (Å²) in [6, 6.07) is 2.06. The van der Waals surface area contributed by atoms with Crippen LogP contribution in [0.4, 0.5) is 0 Å². The molecule has 0 bridgehead atoms. The van der Waals surface area contributed by atoms with Crippen LogP contribution in [0.15, 0.2) is 10.7 Å². The van der Waals surface area contributed by atoms with Crippen LogP contribution in [-0.4, -0.2) is 9.78 Å². The first-order chi connectivity index (χ1) is 4.74. The van der Waals surface area contributed by atoms with Gasteiger partial charge in [0.2, 0.25) is 0 Å². The molecule has 0 N–H and O–H groups in total. The Morgan fingerprint density at radius 2 is 2.40 bits per heavy atom. The van der Waals surface area contributed by atoms with E-state index < -0.39 is 0 Å². The second-order valence-corrected chi connectivity index (χ2v) is 3.14. The summed E-state index contributed by atoms with van der Waals surface area (Å²) in [5.41, 5.74) is 1.29. The highest BCUT2D eigenvalue weighted by Crippen LogP contribution is 2.10. The molecule has 0 unspecified atom stereocenters. The summed E-state index contributed by atoms with van der Waals surface area (Å²) < 4.78 is 2.84. The normalized spacial score (nSPS) is 10.3. The number of aryl methyl sites for hydroxylation is 2. The molecule has 0 aliphatic heterocycles.